The van der Waals surface area contributed by atoms with Gasteiger partial charge in [0.1, 0.15) is 0 Å². The third-order valence-corrected chi connectivity index (χ3v) is 3.87. The van der Waals surface area contributed by atoms with Gasteiger partial charge in [-0.3, -0.25) is 4.90 Å². The summed E-state index contributed by atoms with van der Waals surface area (Å²) in [6.07, 6.45) is 1.19. The highest BCUT2D eigenvalue weighted by atomic mass is 15.2. The van der Waals surface area contributed by atoms with Crippen LogP contribution in [-0.4, -0.2) is 44.0 Å². The maximum Gasteiger partial charge on any atom is 0.0352 e. The number of rotatable bonds is 4. The molecule has 2 unspecified atom stereocenters. The van der Waals surface area contributed by atoms with Gasteiger partial charge < -0.3 is 10.6 Å². The molecule has 1 saturated heterocycles. The van der Waals surface area contributed by atoms with Crippen molar-refractivity contribution < 1.29 is 0 Å². The fourth-order valence-electron chi connectivity index (χ4n) is 2.98. The molecule has 1 aromatic carbocycles. The largest absolute Gasteiger partial charge is 0.330 e. The summed E-state index contributed by atoms with van der Waals surface area (Å²) in [5.41, 5.74) is 8.74. The molecular formula is C15H25N3. The van der Waals surface area contributed by atoms with Crippen molar-refractivity contribution in [3.05, 3.63) is 35.4 Å². The summed E-state index contributed by atoms with van der Waals surface area (Å²) in [7, 11) is 6.46. The van der Waals surface area contributed by atoms with Gasteiger partial charge in [-0.1, -0.05) is 24.3 Å². The monoisotopic (exact) mass is 247 g/mol. The molecular weight excluding hydrogens is 222 g/mol. The second-order valence-corrected chi connectivity index (χ2v) is 5.73. The zero-order valence-electron chi connectivity index (χ0n) is 11.8. The lowest BCUT2D eigenvalue weighted by atomic mass is 9.95. The van der Waals surface area contributed by atoms with Gasteiger partial charge >= 0.3 is 0 Å². The van der Waals surface area contributed by atoms with Gasteiger partial charge in [-0.05, 0) is 51.2 Å². The van der Waals surface area contributed by atoms with Crippen molar-refractivity contribution in [2.45, 2.75) is 19.0 Å². The third-order valence-electron chi connectivity index (χ3n) is 3.87. The molecule has 3 nitrogen and oxygen atoms in total. The summed E-state index contributed by atoms with van der Waals surface area (Å²) < 4.78 is 0. The Labute approximate surface area is 111 Å². The van der Waals surface area contributed by atoms with Crippen molar-refractivity contribution in [1.82, 2.24) is 9.80 Å². The maximum absolute atomic E-state index is 5.82. The number of hydrogen-bond donors (Lipinski definition) is 1. The van der Waals surface area contributed by atoms with E-state index in [2.05, 4.69) is 55.2 Å². The molecule has 100 valence electrons. The zero-order valence-corrected chi connectivity index (χ0v) is 11.8. The number of likely N-dealkylation sites (tertiary alicyclic amines) is 1. The van der Waals surface area contributed by atoms with E-state index in [0.29, 0.717) is 12.0 Å². The van der Waals surface area contributed by atoms with E-state index in [1.165, 1.54) is 17.5 Å². The Morgan fingerprint density at radius 1 is 1.33 bits per heavy atom. The lowest BCUT2D eigenvalue weighted by Crippen LogP contribution is -2.22. The van der Waals surface area contributed by atoms with Crippen LogP contribution in [-0.2, 0) is 6.54 Å². The maximum atomic E-state index is 5.82. The van der Waals surface area contributed by atoms with Gasteiger partial charge in [0, 0.05) is 19.1 Å². The molecule has 18 heavy (non-hydrogen) atoms. The van der Waals surface area contributed by atoms with Crippen LogP contribution in [0.5, 0.6) is 0 Å². The van der Waals surface area contributed by atoms with Crippen molar-refractivity contribution in [3.63, 3.8) is 0 Å². The zero-order chi connectivity index (χ0) is 13.1. The molecule has 3 heteroatoms. The molecule has 2 rings (SSSR count). The summed E-state index contributed by atoms with van der Waals surface area (Å²) in [5.74, 6) is 0.646. The highest BCUT2D eigenvalue weighted by molar-refractivity contribution is 5.31. The second kappa shape index (κ2) is 5.83. The van der Waals surface area contributed by atoms with E-state index < -0.39 is 0 Å². The first-order valence-electron chi connectivity index (χ1n) is 6.74. The fourth-order valence-corrected chi connectivity index (χ4v) is 2.98. The highest BCUT2D eigenvalue weighted by Crippen LogP contribution is 2.35. The van der Waals surface area contributed by atoms with Gasteiger partial charge in [0.2, 0.25) is 0 Å². The average molecular weight is 247 g/mol. The van der Waals surface area contributed by atoms with Gasteiger partial charge in [-0.2, -0.15) is 0 Å². The normalized spacial score (nSPS) is 24.9. The van der Waals surface area contributed by atoms with Crippen molar-refractivity contribution in [2.24, 2.45) is 11.7 Å². The molecule has 0 radical (unpaired) electrons. The predicted molar refractivity (Wildman–Crippen MR) is 76.4 cm³/mol. The quantitative estimate of drug-likeness (QED) is 0.879. The first kappa shape index (κ1) is 13.5. The first-order valence-corrected chi connectivity index (χ1v) is 6.74. The first-order chi connectivity index (χ1) is 8.61. The topological polar surface area (TPSA) is 32.5 Å². The summed E-state index contributed by atoms with van der Waals surface area (Å²) in [6.45, 7) is 2.93. The van der Waals surface area contributed by atoms with Gasteiger partial charge in [0.15, 0.2) is 0 Å². The van der Waals surface area contributed by atoms with Crippen molar-refractivity contribution >= 4 is 0 Å². The third kappa shape index (κ3) is 2.91. The molecule has 1 aliphatic heterocycles. The van der Waals surface area contributed by atoms with Gasteiger partial charge in [0.25, 0.3) is 0 Å². The molecule has 2 atom stereocenters. The standard InChI is InChI=1S/C15H25N3/c1-17(2)11-13-6-4-5-7-14(13)15-8-12(9-16)10-18(15)3/h4-7,12,15H,8-11,16H2,1-3H3. The van der Waals surface area contributed by atoms with Crippen LogP contribution in [0.15, 0.2) is 24.3 Å². The highest BCUT2D eigenvalue weighted by Gasteiger charge is 2.30. The number of nitrogens with zero attached hydrogens (tertiary/aromatic N) is 2. The molecule has 1 heterocycles. The fraction of sp³-hybridized carbons (Fsp3) is 0.600. The summed E-state index contributed by atoms with van der Waals surface area (Å²) in [5, 5.41) is 0. The van der Waals surface area contributed by atoms with Crippen LogP contribution < -0.4 is 5.73 Å². The Morgan fingerprint density at radius 3 is 2.67 bits per heavy atom. The van der Waals surface area contributed by atoms with Crippen LogP contribution >= 0.6 is 0 Å². The van der Waals surface area contributed by atoms with Crippen LogP contribution in [0.3, 0.4) is 0 Å². The lowest BCUT2D eigenvalue weighted by molar-refractivity contribution is 0.309. The molecule has 1 aliphatic rings. The molecule has 0 spiro atoms. The molecule has 0 aromatic heterocycles. The number of benzene rings is 1. The van der Waals surface area contributed by atoms with Crippen molar-refractivity contribution in [3.8, 4) is 0 Å². The average Bonchev–Trinajstić information content (AvgIpc) is 2.70. The molecule has 0 saturated carbocycles. The summed E-state index contributed by atoms with van der Waals surface area (Å²) in [6, 6.07) is 9.35. The smallest absolute Gasteiger partial charge is 0.0352 e. The predicted octanol–water partition coefficient (Wildman–Crippen LogP) is 1.70. The Kier molecular flexibility index (Phi) is 4.38. The second-order valence-electron chi connectivity index (χ2n) is 5.73. The Hall–Kier alpha value is -0.900. The minimum atomic E-state index is 0.537. The van der Waals surface area contributed by atoms with Crippen LogP contribution in [0.1, 0.15) is 23.6 Å². The molecule has 1 aromatic rings. The van der Waals surface area contributed by atoms with Gasteiger partial charge in [-0.15, -0.1) is 0 Å². The Balaban J connectivity index is 2.22. The molecule has 0 aliphatic carbocycles. The van der Waals surface area contributed by atoms with Crippen molar-refractivity contribution in [2.75, 3.05) is 34.2 Å². The van der Waals surface area contributed by atoms with E-state index in [-0.39, 0.29) is 0 Å². The summed E-state index contributed by atoms with van der Waals surface area (Å²) >= 11 is 0. The summed E-state index contributed by atoms with van der Waals surface area (Å²) in [4.78, 5) is 4.68. The number of hydrogen-bond acceptors (Lipinski definition) is 3. The molecule has 0 amide bonds. The van der Waals surface area contributed by atoms with Crippen LogP contribution in [0.4, 0.5) is 0 Å². The Morgan fingerprint density at radius 2 is 2.06 bits per heavy atom. The van der Waals surface area contributed by atoms with Gasteiger partial charge in [-0.25, -0.2) is 0 Å². The lowest BCUT2D eigenvalue weighted by Gasteiger charge is -2.23. The van der Waals surface area contributed by atoms with Crippen LogP contribution in [0.2, 0.25) is 0 Å². The van der Waals surface area contributed by atoms with E-state index in [0.717, 1.165) is 19.6 Å². The van der Waals surface area contributed by atoms with E-state index in [1.54, 1.807) is 0 Å². The van der Waals surface area contributed by atoms with E-state index in [1.807, 2.05) is 0 Å². The van der Waals surface area contributed by atoms with Crippen LogP contribution in [0.25, 0.3) is 0 Å². The minimum absolute atomic E-state index is 0.537. The van der Waals surface area contributed by atoms with E-state index in [9.17, 15) is 0 Å². The number of nitrogens with two attached hydrogens (primary N) is 1. The van der Waals surface area contributed by atoms with E-state index in [4.69, 9.17) is 5.73 Å². The molecule has 1 fully saturated rings. The molecule has 2 N–H and O–H groups in total. The minimum Gasteiger partial charge on any atom is -0.330 e. The van der Waals surface area contributed by atoms with E-state index >= 15 is 0 Å². The molecule has 0 bridgehead atoms. The SMILES string of the molecule is CN(C)Cc1ccccc1C1CC(CN)CN1C. The van der Waals surface area contributed by atoms with Crippen molar-refractivity contribution in [1.29, 1.82) is 0 Å². The van der Waals surface area contributed by atoms with Crippen LogP contribution in [0, 0.1) is 5.92 Å². The van der Waals surface area contributed by atoms with Gasteiger partial charge in [0.05, 0.1) is 0 Å². The Bertz CT molecular complexity index is 389.